The van der Waals surface area contributed by atoms with Crippen LogP contribution < -0.4 is 5.32 Å². The van der Waals surface area contributed by atoms with Crippen molar-refractivity contribution in [3.63, 3.8) is 0 Å². The molecule has 0 aliphatic heterocycles. The topological polar surface area (TPSA) is 29.1 Å². The van der Waals surface area contributed by atoms with Gasteiger partial charge in [-0.25, -0.2) is 0 Å². The molecule has 2 aromatic carbocycles. The maximum Gasteiger partial charge on any atom is 0.231 e. The minimum atomic E-state index is -1.03. The number of carbonyl (C=O) groups excluding carboxylic acids is 1. The van der Waals surface area contributed by atoms with Gasteiger partial charge in [-0.1, -0.05) is 42.5 Å². The number of carbonyl (C=O) groups is 1. The van der Waals surface area contributed by atoms with Crippen molar-refractivity contribution < 1.29 is 4.79 Å². The number of hydrogen-bond acceptors (Lipinski definition) is 1. The minimum absolute atomic E-state index is 0.139. The summed E-state index contributed by atoms with van der Waals surface area (Å²) in [6.07, 6.45) is 0. The van der Waals surface area contributed by atoms with Crippen LogP contribution in [0.25, 0.3) is 0 Å². The fraction of sp³-hybridized carbons (Fsp3) is 0.235. The molecule has 1 aliphatic rings. The maximum atomic E-state index is 12.4. The van der Waals surface area contributed by atoms with Crippen LogP contribution in [0, 0.1) is 12.8 Å². The van der Waals surface area contributed by atoms with Crippen molar-refractivity contribution in [3.05, 3.63) is 65.7 Å². The van der Waals surface area contributed by atoms with Gasteiger partial charge in [0, 0.05) is 11.6 Å². The van der Waals surface area contributed by atoms with Gasteiger partial charge >= 0.3 is 0 Å². The van der Waals surface area contributed by atoms with Crippen LogP contribution in [0.3, 0.4) is 0 Å². The Bertz CT molecular complexity index is 670. The lowest BCUT2D eigenvalue weighted by Crippen LogP contribution is -2.17. The first-order chi connectivity index (χ1) is 10.00. The predicted molar refractivity (Wildman–Crippen MR) is 86.9 cm³/mol. The first-order valence-corrected chi connectivity index (χ1v) is 7.56. The Kier molecular flexibility index (Phi) is 3.68. The van der Waals surface area contributed by atoms with E-state index in [0.717, 1.165) is 16.8 Å². The molecule has 2 aromatic rings. The van der Waals surface area contributed by atoms with Crippen LogP contribution in [0.2, 0.25) is 0 Å². The second-order valence-electron chi connectivity index (χ2n) is 5.40. The molecule has 1 N–H and O–H groups in total. The van der Waals surface area contributed by atoms with Crippen molar-refractivity contribution in [2.24, 2.45) is 5.92 Å². The van der Waals surface area contributed by atoms with E-state index in [1.807, 2.05) is 61.5 Å². The Morgan fingerprint density at radius 1 is 1.10 bits per heavy atom. The SMILES string of the molecule is Cc1cccc(NC(=O)[C@@H]2[C@@H](c3ccccc3)C2(Cl)Cl)c1. The van der Waals surface area contributed by atoms with E-state index in [0.29, 0.717) is 0 Å². The third-order valence-electron chi connectivity index (χ3n) is 3.78. The fourth-order valence-corrected chi connectivity index (χ4v) is 3.50. The highest BCUT2D eigenvalue weighted by Crippen LogP contribution is 2.65. The zero-order chi connectivity index (χ0) is 15.0. The zero-order valence-electron chi connectivity index (χ0n) is 11.5. The number of anilines is 1. The highest BCUT2D eigenvalue weighted by molar-refractivity contribution is 6.53. The number of halogens is 2. The summed E-state index contributed by atoms with van der Waals surface area (Å²) < 4.78 is -1.03. The molecule has 4 heteroatoms. The lowest BCUT2D eigenvalue weighted by atomic mass is 10.1. The summed E-state index contributed by atoms with van der Waals surface area (Å²) in [4.78, 5) is 12.4. The predicted octanol–water partition coefficient (Wildman–Crippen LogP) is 4.52. The van der Waals surface area contributed by atoms with Crippen LogP contribution in [-0.4, -0.2) is 10.2 Å². The molecule has 21 heavy (non-hydrogen) atoms. The quantitative estimate of drug-likeness (QED) is 0.828. The molecule has 3 rings (SSSR count). The largest absolute Gasteiger partial charge is 0.326 e. The molecule has 0 saturated heterocycles. The van der Waals surface area contributed by atoms with E-state index >= 15 is 0 Å². The molecule has 1 saturated carbocycles. The van der Waals surface area contributed by atoms with E-state index in [2.05, 4.69) is 5.32 Å². The standard InChI is InChI=1S/C17H15Cl2NO/c1-11-6-5-9-13(10-11)20-16(21)15-14(17(15,18)19)12-7-3-2-4-8-12/h2-10,14-15H,1H3,(H,20,21)/t14-,15+/m1/s1. The molecule has 108 valence electrons. The van der Waals surface area contributed by atoms with Crippen LogP contribution in [0.4, 0.5) is 5.69 Å². The van der Waals surface area contributed by atoms with Crippen LogP contribution in [0.15, 0.2) is 54.6 Å². The summed E-state index contributed by atoms with van der Waals surface area (Å²) in [5.41, 5.74) is 2.85. The average molecular weight is 320 g/mol. The number of hydrogen-bond donors (Lipinski definition) is 1. The Morgan fingerprint density at radius 3 is 2.48 bits per heavy atom. The first kappa shape index (κ1) is 14.4. The van der Waals surface area contributed by atoms with Gasteiger partial charge in [0.1, 0.15) is 4.33 Å². The number of amides is 1. The van der Waals surface area contributed by atoms with Gasteiger partial charge in [-0.3, -0.25) is 4.79 Å². The van der Waals surface area contributed by atoms with Gasteiger partial charge in [-0.2, -0.15) is 0 Å². The number of rotatable bonds is 3. The van der Waals surface area contributed by atoms with Crippen LogP contribution in [0.1, 0.15) is 17.0 Å². The molecule has 2 atom stereocenters. The lowest BCUT2D eigenvalue weighted by Gasteiger charge is -2.05. The number of nitrogens with one attached hydrogen (secondary N) is 1. The van der Waals surface area contributed by atoms with Crippen molar-refractivity contribution in [1.29, 1.82) is 0 Å². The average Bonchev–Trinajstić information content (AvgIpc) is 3.03. The van der Waals surface area contributed by atoms with Gasteiger partial charge in [0.15, 0.2) is 0 Å². The third-order valence-corrected chi connectivity index (χ3v) is 4.72. The van der Waals surface area contributed by atoms with Gasteiger partial charge in [0.2, 0.25) is 5.91 Å². The molecular weight excluding hydrogens is 305 g/mol. The summed E-state index contributed by atoms with van der Waals surface area (Å²) in [7, 11) is 0. The molecule has 0 radical (unpaired) electrons. The summed E-state index contributed by atoms with van der Waals surface area (Å²) in [6.45, 7) is 1.98. The van der Waals surface area contributed by atoms with Crippen LogP contribution >= 0.6 is 23.2 Å². The Morgan fingerprint density at radius 2 is 1.81 bits per heavy atom. The van der Waals surface area contributed by atoms with Crippen molar-refractivity contribution in [2.75, 3.05) is 5.32 Å². The molecule has 1 aliphatic carbocycles. The first-order valence-electron chi connectivity index (χ1n) is 6.80. The summed E-state index contributed by atoms with van der Waals surface area (Å²) in [6, 6.07) is 17.3. The van der Waals surface area contributed by atoms with E-state index in [4.69, 9.17) is 23.2 Å². The molecular formula is C17H15Cl2NO. The van der Waals surface area contributed by atoms with Gasteiger partial charge in [-0.15, -0.1) is 23.2 Å². The van der Waals surface area contributed by atoms with Crippen molar-refractivity contribution in [1.82, 2.24) is 0 Å². The second kappa shape index (κ2) is 5.36. The lowest BCUT2D eigenvalue weighted by molar-refractivity contribution is -0.117. The Labute approximate surface area is 134 Å². The normalized spacial score (nSPS) is 22.6. The highest BCUT2D eigenvalue weighted by atomic mass is 35.5. The van der Waals surface area contributed by atoms with E-state index in [9.17, 15) is 4.79 Å². The molecule has 1 fully saturated rings. The van der Waals surface area contributed by atoms with E-state index in [1.54, 1.807) is 0 Å². The number of aryl methyl sites for hydroxylation is 1. The third kappa shape index (κ3) is 2.78. The maximum absolute atomic E-state index is 12.4. The fourth-order valence-electron chi connectivity index (χ4n) is 2.67. The zero-order valence-corrected chi connectivity index (χ0v) is 13.0. The minimum Gasteiger partial charge on any atom is -0.326 e. The van der Waals surface area contributed by atoms with Crippen LogP contribution in [-0.2, 0) is 4.79 Å². The number of benzene rings is 2. The number of alkyl halides is 2. The second-order valence-corrected chi connectivity index (χ2v) is 6.84. The van der Waals surface area contributed by atoms with Crippen molar-refractivity contribution >= 4 is 34.8 Å². The molecule has 0 aromatic heterocycles. The summed E-state index contributed by atoms with van der Waals surface area (Å²) >= 11 is 12.6. The molecule has 0 heterocycles. The molecule has 1 amide bonds. The highest BCUT2D eigenvalue weighted by Gasteiger charge is 2.67. The molecule has 0 spiro atoms. The Hall–Kier alpha value is -1.51. The van der Waals surface area contributed by atoms with Crippen molar-refractivity contribution in [2.45, 2.75) is 17.2 Å². The van der Waals surface area contributed by atoms with E-state index < -0.39 is 10.3 Å². The van der Waals surface area contributed by atoms with Gasteiger partial charge < -0.3 is 5.32 Å². The molecule has 0 bridgehead atoms. The summed E-state index contributed by atoms with van der Waals surface area (Å²) in [5, 5.41) is 2.89. The van der Waals surface area contributed by atoms with Crippen LogP contribution in [0.5, 0.6) is 0 Å². The van der Waals surface area contributed by atoms with Gasteiger partial charge in [0.05, 0.1) is 5.92 Å². The van der Waals surface area contributed by atoms with Gasteiger partial charge in [-0.05, 0) is 30.2 Å². The smallest absolute Gasteiger partial charge is 0.231 e. The van der Waals surface area contributed by atoms with Gasteiger partial charge in [0.25, 0.3) is 0 Å². The van der Waals surface area contributed by atoms with Crippen molar-refractivity contribution in [3.8, 4) is 0 Å². The Balaban J connectivity index is 1.77. The monoisotopic (exact) mass is 319 g/mol. The summed E-state index contributed by atoms with van der Waals surface area (Å²) in [5.74, 6) is -0.727. The molecule has 0 unspecified atom stereocenters. The van der Waals surface area contributed by atoms with E-state index in [-0.39, 0.29) is 11.8 Å². The van der Waals surface area contributed by atoms with E-state index in [1.165, 1.54) is 0 Å². The molecule has 2 nitrogen and oxygen atoms in total.